The highest BCUT2D eigenvalue weighted by Crippen LogP contribution is 2.17. The normalized spacial score (nSPS) is 10.1. The van der Waals surface area contributed by atoms with E-state index in [0.29, 0.717) is 12.1 Å². The largest absolute Gasteiger partial charge is 0.478 e. The van der Waals surface area contributed by atoms with Crippen molar-refractivity contribution < 1.29 is 14.7 Å². The first-order chi connectivity index (χ1) is 8.54. The summed E-state index contributed by atoms with van der Waals surface area (Å²) in [6.45, 7) is 2.57. The van der Waals surface area contributed by atoms with Gasteiger partial charge < -0.3 is 15.7 Å². The molecule has 0 saturated heterocycles. The van der Waals surface area contributed by atoms with Gasteiger partial charge in [0, 0.05) is 6.42 Å². The Kier molecular flexibility index (Phi) is 5.32. The van der Waals surface area contributed by atoms with Crippen LogP contribution < -0.4 is 10.6 Å². The van der Waals surface area contributed by atoms with Crippen molar-refractivity contribution in [2.45, 2.75) is 19.8 Å². The van der Waals surface area contributed by atoms with Crippen molar-refractivity contribution in [3.05, 3.63) is 29.3 Å². The van der Waals surface area contributed by atoms with E-state index < -0.39 is 5.97 Å². The Bertz CT molecular complexity index is 444. The second-order valence-corrected chi connectivity index (χ2v) is 4.11. The fourth-order valence-corrected chi connectivity index (χ4v) is 1.58. The van der Waals surface area contributed by atoms with E-state index >= 15 is 0 Å². The van der Waals surface area contributed by atoms with Gasteiger partial charge in [-0.1, -0.05) is 11.6 Å². The lowest BCUT2D eigenvalue weighted by atomic mass is 10.1. The number of rotatable bonds is 6. The summed E-state index contributed by atoms with van der Waals surface area (Å²) in [5.74, 6) is -1.21. The molecule has 98 valence electrons. The Morgan fingerprint density at radius 1 is 1.33 bits per heavy atom. The number of hydrogen-bond donors (Lipinski definition) is 3. The average molecular weight is 250 g/mol. The number of amides is 1. The lowest BCUT2D eigenvalue weighted by Gasteiger charge is -2.09. The fourth-order valence-electron chi connectivity index (χ4n) is 1.58. The lowest BCUT2D eigenvalue weighted by Crippen LogP contribution is -2.17. The molecule has 0 atom stereocenters. The number of anilines is 1. The highest BCUT2D eigenvalue weighted by Gasteiger charge is 2.12. The number of carboxylic acids is 1. The summed E-state index contributed by atoms with van der Waals surface area (Å²) in [4.78, 5) is 22.7. The second-order valence-electron chi connectivity index (χ2n) is 4.11. The molecular formula is C13H18N2O3. The third-order valence-corrected chi connectivity index (χ3v) is 2.51. The first-order valence-electron chi connectivity index (χ1n) is 5.83. The minimum absolute atomic E-state index is 0.122. The molecule has 0 fully saturated rings. The molecule has 0 aromatic heterocycles. The third-order valence-electron chi connectivity index (χ3n) is 2.51. The molecule has 0 bridgehead atoms. The quantitative estimate of drug-likeness (QED) is 0.670. The number of carbonyl (C=O) groups is 2. The number of aromatic carboxylic acids is 1. The van der Waals surface area contributed by atoms with Crippen LogP contribution in [0.1, 0.15) is 28.8 Å². The molecule has 1 amide bonds. The molecule has 1 aromatic rings. The Morgan fingerprint density at radius 3 is 2.67 bits per heavy atom. The minimum atomic E-state index is -1.04. The average Bonchev–Trinajstić information content (AvgIpc) is 2.31. The summed E-state index contributed by atoms with van der Waals surface area (Å²) in [7, 11) is 1.82. The molecule has 0 aliphatic heterocycles. The van der Waals surface area contributed by atoms with E-state index in [4.69, 9.17) is 5.11 Å². The van der Waals surface area contributed by atoms with Crippen molar-refractivity contribution in [3.63, 3.8) is 0 Å². The molecule has 0 heterocycles. The van der Waals surface area contributed by atoms with E-state index in [1.165, 1.54) is 0 Å². The van der Waals surface area contributed by atoms with Gasteiger partial charge in [0.25, 0.3) is 0 Å². The number of carboxylic acid groups (broad SMARTS) is 1. The monoisotopic (exact) mass is 250 g/mol. The summed E-state index contributed by atoms with van der Waals surface area (Å²) >= 11 is 0. The number of benzene rings is 1. The van der Waals surface area contributed by atoms with Gasteiger partial charge in [-0.25, -0.2) is 4.79 Å². The van der Waals surface area contributed by atoms with Crippen LogP contribution in [0.4, 0.5) is 5.69 Å². The van der Waals surface area contributed by atoms with Gasteiger partial charge in [0.05, 0.1) is 11.3 Å². The Hall–Kier alpha value is -1.88. The van der Waals surface area contributed by atoms with E-state index in [0.717, 1.165) is 18.5 Å². The highest BCUT2D eigenvalue weighted by atomic mass is 16.4. The van der Waals surface area contributed by atoms with Crippen LogP contribution in [0, 0.1) is 6.92 Å². The van der Waals surface area contributed by atoms with Crippen LogP contribution in [0.25, 0.3) is 0 Å². The van der Waals surface area contributed by atoms with E-state index in [-0.39, 0.29) is 11.5 Å². The molecule has 5 heteroatoms. The predicted octanol–water partition coefficient (Wildman–Crippen LogP) is 1.63. The van der Waals surface area contributed by atoms with Crippen LogP contribution in [-0.4, -0.2) is 30.6 Å². The zero-order valence-electron chi connectivity index (χ0n) is 10.6. The summed E-state index contributed by atoms with van der Waals surface area (Å²) in [6.07, 6.45) is 1.09. The van der Waals surface area contributed by atoms with Crippen molar-refractivity contribution in [2.75, 3.05) is 18.9 Å². The number of nitrogens with one attached hydrogen (secondary N) is 2. The minimum Gasteiger partial charge on any atom is -0.478 e. The number of hydrogen-bond acceptors (Lipinski definition) is 3. The first-order valence-corrected chi connectivity index (χ1v) is 5.83. The Morgan fingerprint density at radius 2 is 2.06 bits per heavy atom. The van der Waals surface area contributed by atoms with Gasteiger partial charge in [-0.2, -0.15) is 0 Å². The maximum Gasteiger partial charge on any atom is 0.337 e. The zero-order valence-corrected chi connectivity index (χ0v) is 10.6. The van der Waals surface area contributed by atoms with Crippen LogP contribution in [0.2, 0.25) is 0 Å². The highest BCUT2D eigenvalue weighted by molar-refractivity contribution is 6.00. The molecule has 0 aliphatic rings. The van der Waals surface area contributed by atoms with E-state index in [9.17, 15) is 9.59 Å². The maximum absolute atomic E-state index is 11.6. The van der Waals surface area contributed by atoms with Gasteiger partial charge in [0.1, 0.15) is 0 Å². The summed E-state index contributed by atoms with van der Waals surface area (Å²) in [6, 6.07) is 4.94. The number of aryl methyl sites for hydroxylation is 1. The molecule has 0 spiro atoms. The molecule has 0 radical (unpaired) electrons. The van der Waals surface area contributed by atoms with Crippen LogP contribution >= 0.6 is 0 Å². The summed E-state index contributed by atoms with van der Waals surface area (Å²) < 4.78 is 0. The van der Waals surface area contributed by atoms with Crippen LogP contribution in [0.5, 0.6) is 0 Å². The van der Waals surface area contributed by atoms with E-state index in [1.807, 2.05) is 14.0 Å². The van der Waals surface area contributed by atoms with Gasteiger partial charge in [0.2, 0.25) is 5.91 Å². The molecule has 1 rings (SSSR count). The molecule has 18 heavy (non-hydrogen) atoms. The molecule has 5 nitrogen and oxygen atoms in total. The number of carbonyl (C=O) groups excluding carboxylic acids is 1. The summed E-state index contributed by atoms with van der Waals surface area (Å²) in [5.41, 5.74) is 1.32. The third kappa shape index (κ3) is 4.18. The van der Waals surface area contributed by atoms with E-state index in [1.54, 1.807) is 18.2 Å². The smallest absolute Gasteiger partial charge is 0.337 e. The molecule has 0 unspecified atom stereocenters. The van der Waals surface area contributed by atoms with Gasteiger partial charge in [0.15, 0.2) is 0 Å². The summed E-state index contributed by atoms with van der Waals surface area (Å²) in [5, 5.41) is 14.6. The molecule has 1 aromatic carbocycles. The first kappa shape index (κ1) is 14.2. The van der Waals surface area contributed by atoms with E-state index in [2.05, 4.69) is 10.6 Å². The molecule has 3 N–H and O–H groups in total. The zero-order chi connectivity index (χ0) is 13.5. The lowest BCUT2D eigenvalue weighted by molar-refractivity contribution is -0.116. The topological polar surface area (TPSA) is 78.4 Å². The predicted molar refractivity (Wildman–Crippen MR) is 69.9 cm³/mol. The van der Waals surface area contributed by atoms with Crippen molar-refractivity contribution in [1.29, 1.82) is 0 Å². The van der Waals surface area contributed by atoms with Crippen molar-refractivity contribution in [3.8, 4) is 0 Å². The fraction of sp³-hybridized carbons (Fsp3) is 0.385. The standard InChI is InChI=1S/C13H18N2O3/c1-9-5-6-11(10(8-9)13(17)18)15-12(16)4-3-7-14-2/h5-6,8,14H,3-4,7H2,1-2H3,(H,15,16)(H,17,18). The van der Waals surface area contributed by atoms with Crippen molar-refractivity contribution >= 4 is 17.6 Å². The van der Waals surface area contributed by atoms with Crippen LogP contribution in [0.15, 0.2) is 18.2 Å². The van der Waals surface area contributed by atoms with Crippen molar-refractivity contribution in [2.24, 2.45) is 0 Å². The van der Waals surface area contributed by atoms with Crippen LogP contribution in [-0.2, 0) is 4.79 Å². The van der Waals surface area contributed by atoms with Crippen LogP contribution in [0.3, 0.4) is 0 Å². The Labute approximate surface area is 106 Å². The van der Waals surface area contributed by atoms with Crippen molar-refractivity contribution in [1.82, 2.24) is 5.32 Å². The molecule has 0 saturated carbocycles. The van der Waals surface area contributed by atoms with Gasteiger partial charge >= 0.3 is 5.97 Å². The van der Waals surface area contributed by atoms with Gasteiger partial charge in [-0.3, -0.25) is 4.79 Å². The molecular weight excluding hydrogens is 232 g/mol. The Balaban J connectivity index is 2.72. The van der Waals surface area contributed by atoms with Gasteiger partial charge in [-0.15, -0.1) is 0 Å². The maximum atomic E-state index is 11.6. The van der Waals surface area contributed by atoms with Gasteiger partial charge in [-0.05, 0) is 39.1 Å². The second kappa shape index (κ2) is 6.76. The molecule has 0 aliphatic carbocycles. The SMILES string of the molecule is CNCCCC(=O)Nc1ccc(C)cc1C(=O)O.